The molecule has 0 radical (unpaired) electrons. The number of amides is 3. The van der Waals surface area contributed by atoms with Crippen LogP contribution in [0.2, 0.25) is 0 Å². The molecule has 1 aliphatic heterocycles. The fourth-order valence-corrected chi connectivity index (χ4v) is 4.04. The standard InChI is InChI=1S/C22H30FN3O4/c23-17-10-8-16(9-11-17)12-13-24-20(27)15-30-21(28)19-7-4-14-26(19)22(29)25-18-5-2-1-3-6-18/h8-11,18-19H,1-7,12-15H2,(H,24,27)(H,25,29). The Hall–Kier alpha value is -2.64. The van der Waals surface area contributed by atoms with Gasteiger partial charge >= 0.3 is 12.0 Å². The maximum absolute atomic E-state index is 12.9. The van der Waals surface area contributed by atoms with E-state index in [1.165, 1.54) is 23.5 Å². The number of halogens is 1. The van der Waals surface area contributed by atoms with Gasteiger partial charge in [0.25, 0.3) is 5.91 Å². The summed E-state index contributed by atoms with van der Waals surface area (Å²) in [6.07, 6.45) is 7.23. The zero-order chi connectivity index (χ0) is 21.3. The first-order valence-corrected chi connectivity index (χ1v) is 10.8. The Morgan fingerprint density at radius 3 is 2.50 bits per heavy atom. The Balaban J connectivity index is 1.37. The van der Waals surface area contributed by atoms with Crippen LogP contribution in [0.3, 0.4) is 0 Å². The average Bonchev–Trinajstić information content (AvgIpc) is 3.24. The number of likely N-dealkylation sites (tertiary alicyclic amines) is 1. The van der Waals surface area contributed by atoms with Gasteiger partial charge in [-0.25, -0.2) is 14.0 Å². The Labute approximate surface area is 176 Å². The minimum atomic E-state index is -0.638. The summed E-state index contributed by atoms with van der Waals surface area (Å²) >= 11 is 0. The number of esters is 1. The third-order valence-electron chi connectivity index (χ3n) is 5.71. The molecule has 1 heterocycles. The molecule has 2 N–H and O–H groups in total. The van der Waals surface area contributed by atoms with E-state index in [2.05, 4.69) is 10.6 Å². The van der Waals surface area contributed by atoms with Crippen molar-refractivity contribution in [1.82, 2.24) is 15.5 Å². The number of nitrogens with zero attached hydrogens (tertiary/aromatic N) is 1. The molecule has 2 fully saturated rings. The van der Waals surface area contributed by atoms with E-state index in [9.17, 15) is 18.8 Å². The van der Waals surface area contributed by atoms with Gasteiger partial charge in [-0.05, 0) is 49.8 Å². The van der Waals surface area contributed by atoms with Crippen molar-refractivity contribution in [2.24, 2.45) is 0 Å². The number of rotatable bonds is 7. The minimum absolute atomic E-state index is 0.176. The quantitative estimate of drug-likeness (QED) is 0.665. The normalized spacial score (nSPS) is 19.4. The number of carbonyl (C=O) groups excluding carboxylic acids is 3. The highest BCUT2D eigenvalue weighted by atomic mass is 19.1. The molecule has 2 aliphatic rings. The predicted octanol–water partition coefficient (Wildman–Crippen LogP) is 2.53. The molecule has 30 heavy (non-hydrogen) atoms. The largest absolute Gasteiger partial charge is 0.454 e. The summed E-state index contributed by atoms with van der Waals surface area (Å²) in [5, 5.41) is 5.71. The lowest BCUT2D eigenvalue weighted by Gasteiger charge is -2.28. The maximum Gasteiger partial charge on any atom is 0.329 e. The van der Waals surface area contributed by atoms with Crippen LogP contribution in [0.25, 0.3) is 0 Å². The molecule has 1 saturated heterocycles. The van der Waals surface area contributed by atoms with Crippen LogP contribution in [0.1, 0.15) is 50.5 Å². The zero-order valence-corrected chi connectivity index (χ0v) is 17.2. The molecule has 0 aromatic heterocycles. The van der Waals surface area contributed by atoms with E-state index in [-0.39, 0.29) is 24.5 Å². The molecule has 7 nitrogen and oxygen atoms in total. The monoisotopic (exact) mass is 419 g/mol. The van der Waals surface area contributed by atoms with Crippen molar-refractivity contribution in [3.63, 3.8) is 0 Å². The Morgan fingerprint density at radius 1 is 1.03 bits per heavy atom. The smallest absolute Gasteiger partial charge is 0.329 e. The maximum atomic E-state index is 12.9. The van der Waals surface area contributed by atoms with Crippen LogP contribution in [-0.2, 0) is 20.7 Å². The molecule has 3 rings (SSSR count). The lowest BCUT2D eigenvalue weighted by Crippen LogP contribution is -2.50. The van der Waals surface area contributed by atoms with Crippen LogP contribution in [0.4, 0.5) is 9.18 Å². The fraction of sp³-hybridized carbons (Fsp3) is 0.591. The molecule has 1 atom stereocenters. The highest BCUT2D eigenvalue weighted by Crippen LogP contribution is 2.21. The van der Waals surface area contributed by atoms with Gasteiger partial charge in [-0.2, -0.15) is 0 Å². The Kier molecular flexibility index (Phi) is 8.04. The number of ether oxygens (including phenoxy) is 1. The van der Waals surface area contributed by atoms with Gasteiger partial charge in [0, 0.05) is 19.1 Å². The predicted molar refractivity (Wildman–Crippen MR) is 109 cm³/mol. The Bertz CT molecular complexity index is 734. The molecule has 164 valence electrons. The van der Waals surface area contributed by atoms with Gasteiger partial charge in [0.05, 0.1) is 0 Å². The lowest BCUT2D eigenvalue weighted by molar-refractivity contribution is -0.152. The van der Waals surface area contributed by atoms with Crippen molar-refractivity contribution in [2.45, 2.75) is 63.5 Å². The second kappa shape index (κ2) is 10.9. The number of nitrogens with one attached hydrogen (secondary N) is 2. The van der Waals surface area contributed by atoms with Crippen molar-refractivity contribution in [3.05, 3.63) is 35.6 Å². The van der Waals surface area contributed by atoms with Gasteiger partial charge in [-0.3, -0.25) is 4.79 Å². The summed E-state index contributed by atoms with van der Waals surface area (Å²) in [7, 11) is 0. The van der Waals surface area contributed by atoms with Gasteiger partial charge in [0.1, 0.15) is 11.9 Å². The van der Waals surface area contributed by atoms with E-state index >= 15 is 0 Å². The summed E-state index contributed by atoms with van der Waals surface area (Å²) < 4.78 is 18.0. The average molecular weight is 419 g/mol. The van der Waals surface area contributed by atoms with Crippen LogP contribution in [0.5, 0.6) is 0 Å². The first-order chi connectivity index (χ1) is 14.5. The SMILES string of the molecule is O=C(COC(=O)C1CCCN1C(=O)NC1CCCCC1)NCCc1ccc(F)cc1. The van der Waals surface area contributed by atoms with E-state index in [1.54, 1.807) is 12.1 Å². The molecule has 0 bridgehead atoms. The number of hydrogen-bond acceptors (Lipinski definition) is 4. The second-order valence-corrected chi connectivity index (χ2v) is 7.97. The highest BCUT2D eigenvalue weighted by molar-refractivity contribution is 5.86. The minimum Gasteiger partial charge on any atom is -0.454 e. The number of urea groups is 1. The van der Waals surface area contributed by atoms with E-state index in [0.717, 1.165) is 37.7 Å². The van der Waals surface area contributed by atoms with Crippen molar-refractivity contribution in [2.75, 3.05) is 19.7 Å². The van der Waals surface area contributed by atoms with Crippen LogP contribution < -0.4 is 10.6 Å². The fourth-order valence-electron chi connectivity index (χ4n) is 4.04. The highest BCUT2D eigenvalue weighted by Gasteiger charge is 2.36. The van der Waals surface area contributed by atoms with Gasteiger partial charge < -0.3 is 20.3 Å². The van der Waals surface area contributed by atoms with Crippen molar-refractivity contribution in [1.29, 1.82) is 0 Å². The molecular weight excluding hydrogens is 389 g/mol. The summed E-state index contributed by atoms with van der Waals surface area (Å²) in [5.74, 6) is -1.25. The molecule has 1 saturated carbocycles. The number of hydrogen-bond donors (Lipinski definition) is 2. The molecule has 1 unspecified atom stereocenters. The van der Waals surface area contributed by atoms with Crippen LogP contribution >= 0.6 is 0 Å². The number of carbonyl (C=O) groups is 3. The summed E-state index contributed by atoms with van der Waals surface area (Å²) in [6, 6.07) is 5.39. The third-order valence-corrected chi connectivity index (χ3v) is 5.71. The molecule has 1 aliphatic carbocycles. The summed E-state index contributed by atoms with van der Waals surface area (Å²) in [6.45, 7) is 0.500. The van der Waals surface area contributed by atoms with E-state index < -0.39 is 17.9 Å². The van der Waals surface area contributed by atoms with Gasteiger partial charge in [0.15, 0.2) is 6.61 Å². The van der Waals surface area contributed by atoms with Crippen LogP contribution in [0, 0.1) is 5.82 Å². The van der Waals surface area contributed by atoms with Gasteiger partial charge in [0.2, 0.25) is 0 Å². The van der Waals surface area contributed by atoms with E-state index in [1.807, 2.05) is 0 Å². The molecule has 0 spiro atoms. The summed E-state index contributed by atoms with van der Waals surface area (Å²) in [4.78, 5) is 38.5. The topological polar surface area (TPSA) is 87.7 Å². The third kappa shape index (κ3) is 6.43. The molecule has 8 heteroatoms. The zero-order valence-electron chi connectivity index (χ0n) is 17.2. The van der Waals surface area contributed by atoms with E-state index in [4.69, 9.17) is 4.74 Å². The van der Waals surface area contributed by atoms with Crippen molar-refractivity contribution in [3.8, 4) is 0 Å². The first-order valence-electron chi connectivity index (χ1n) is 10.8. The van der Waals surface area contributed by atoms with Crippen LogP contribution in [-0.4, -0.2) is 54.6 Å². The first kappa shape index (κ1) is 22.1. The van der Waals surface area contributed by atoms with Gasteiger partial charge in [-0.15, -0.1) is 0 Å². The molecule has 1 aromatic carbocycles. The van der Waals surface area contributed by atoms with E-state index in [0.29, 0.717) is 25.9 Å². The van der Waals surface area contributed by atoms with Crippen molar-refractivity contribution >= 4 is 17.9 Å². The van der Waals surface area contributed by atoms with Gasteiger partial charge in [-0.1, -0.05) is 31.4 Å². The number of benzene rings is 1. The second-order valence-electron chi connectivity index (χ2n) is 7.97. The molecular formula is C22H30FN3O4. The lowest BCUT2D eigenvalue weighted by atomic mass is 9.96. The van der Waals surface area contributed by atoms with Crippen LogP contribution in [0.15, 0.2) is 24.3 Å². The Morgan fingerprint density at radius 2 is 1.77 bits per heavy atom. The van der Waals surface area contributed by atoms with Crippen molar-refractivity contribution < 1.29 is 23.5 Å². The summed E-state index contributed by atoms with van der Waals surface area (Å²) in [5.41, 5.74) is 0.902. The molecule has 3 amide bonds. The molecule has 1 aromatic rings.